The third kappa shape index (κ3) is 7.58. The second-order valence-electron chi connectivity index (χ2n) is 10.3. The molecule has 1 amide bonds. The Morgan fingerprint density at radius 3 is 2.31 bits per heavy atom. The average Bonchev–Trinajstić information content (AvgIpc) is 3.55. The Morgan fingerprint density at radius 2 is 1.71 bits per heavy atom. The predicted molar refractivity (Wildman–Crippen MR) is 159 cm³/mol. The van der Waals surface area contributed by atoms with Crippen LogP contribution in [0.25, 0.3) is 11.5 Å². The van der Waals surface area contributed by atoms with Crippen molar-refractivity contribution in [2.75, 3.05) is 37.6 Å². The molecule has 0 saturated carbocycles. The molecule has 4 heterocycles. The van der Waals surface area contributed by atoms with Crippen LogP contribution in [-0.2, 0) is 0 Å². The van der Waals surface area contributed by atoms with E-state index in [9.17, 15) is 18.7 Å². The number of aromatic nitrogens is 5. The van der Waals surface area contributed by atoms with E-state index in [4.69, 9.17) is 0 Å². The number of phenolic OH excluding ortho intramolecular Hbond substituents is 1. The number of hydrogen-bond donors (Lipinski definition) is 2. The van der Waals surface area contributed by atoms with Crippen molar-refractivity contribution in [3.05, 3.63) is 47.5 Å². The highest BCUT2D eigenvalue weighted by Crippen LogP contribution is 2.29. The summed E-state index contributed by atoms with van der Waals surface area (Å²) in [6.45, 7) is 15.9. The van der Waals surface area contributed by atoms with Crippen LogP contribution in [0.5, 0.6) is 5.75 Å². The van der Waals surface area contributed by atoms with E-state index in [1.54, 1.807) is 11.1 Å². The van der Waals surface area contributed by atoms with E-state index >= 15 is 0 Å². The van der Waals surface area contributed by atoms with Crippen LogP contribution in [0.15, 0.2) is 24.7 Å². The van der Waals surface area contributed by atoms with Crippen LogP contribution < -0.4 is 4.90 Å². The average molecular weight is 587 g/mol. The van der Waals surface area contributed by atoms with Gasteiger partial charge in [0.2, 0.25) is 0 Å². The van der Waals surface area contributed by atoms with Crippen molar-refractivity contribution in [1.29, 1.82) is 0 Å². The number of aromatic amines is 1. The zero-order valence-corrected chi connectivity index (χ0v) is 25.6. The molecule has 2 saturated heterocycles. The number of amides is 1. The third-order valence-corrected chi connectivity index (χ3v) is 7.37. The van der Waals surface area contributed by atoms with Crippen molar-refractivity contribution in [3.63, 3.8) is 0 Å². The molecule has 0 radical (unpaired) electrons. The van der Waals surface area contributed by atoms with E-state index in [0.29, 0.717) is 42.8 Å². The fourth-order valence-corrected chi connectivity index (χ4v) is 5.41. The van der Waals surface area contributed by atoms with Crippen molar-refractivity contribution in [3.8, 4) is 17.3 Å². The van der Waals surface area contributed by atoms with Gasteiger partial charge in [-0.3, -0.25) is 14.8 Å². The van der Waals surface area contributed by atoms with Gasteiger partial charge in [-0.15, -0.1) is 0 Å². The summed E-state index contributed by atoms with van der Waals surface area (Å²) in [5.41, 5.74) is 1.29. The molecule has 0 spiro atoms. The molecule has 10 nitrogen and oxygen atoms in total. The molecule has 42 heavy (non-hydrogen) atoms. The SMILES string of the molecule is CC.CCC.CCC1CN(c2ncc(-c3ncn[nH]3)nc2C)CCN1C1CCN(C(=O)c2cc(F)c(F)cc2O)CC1. The lowest BCUT2D eigenvalue weighted by molar-refractivity contribution is 0.0488. The van der Waals surface area contributed by atoms with Gasteiger partial charge in [-0.1, -0.05) is 41.0 Å². The summed E-state index contributed by atoms with van der Waals surface area (Å²) >= 11 is 0. The molecule has 0 aliphatic carbocycles. The predicted octanol–water partition coefficient (Wildman–Crippen LogP) is 5.20. The summed E-state index contributed by atoms with van der Waals surface area (Å²) in [7, 11) is 0. The van der Waals surface area contributed by atoms with Crippen LogP contribution in [0.4, 0.5) is 14.6 Å². The van der Waals surface area contributed by atoms with Gasteiger partial charge in [0.05, 0.1) is 17.5 Å². The second kappa shape index (κ2) is 15.5. The van der Waals surface area contributed by atoms with E-state index in [2.05, 4.69) is 55.7 Å². The van der Waals surface area contributed by atoms with E-state index in [0.717, 1.165) is 56.5 Å². The maximum atomic E-state index is 13.7. The van der Waals surface area contributed by atoms with Gasteiger partial charge in [0.25, 0.3) is 5.91 Å². The number of hydrogen-bond acceptors (Lipinski definition) is 8. The number of carbonyl (C=O) groups is 1. The molecule has 230 valence electrons. The van der Waals surface area contributed by atoms with Gasteiger partial charge in [-0.25, -0.2) is 23.7 Å². The van der Waals surface area contributed by atoms with Gasteiger partial charge in [0.1, 0.15) is 23.6 Å². The molecular weight excluding hydrogens is 542 g/mol. The fourth-order valence-electron chi connectivity index (χ4n) is 5.41. The minimum Gasteiger partial charge on any atom is -0.507 e. The molecule has 3 aromatic rings. The monoisotopic (exact) mass is 586 g/mol. The van der Waals surface area contributed by atoms with E-state index in [1.165, 1.54) is 12.7 Å². The number of anilines is 1. The number of piperidine rings is 1. The number of nitrogens with zero attached hydrogens (tertiary/aromatic N) is 7. The molecule has 2 aliphatic rings. The lowest BCUT2D eigenvalue weighted by Gasteiger charge is -2.47. The van der Waals surface area contributed by atoms with E-state index < -0.39 is 23.3 Å². The molecule has 1 unspecified atom stereocenters. The zero-order valence-electron chi connectivity index (χ0n) is 25.6. The van der Waals surface area contributed by atoms with Crippen LogP contribution in [0.3, 0.4) is 0 Å². The maximum Gasteiger partial charge on any atom is 0.257 e. The molecule has 1 atom stereocenters. The van der Waals surface area contributed by atoms with Crippen LogP contribution in [0, 0.1) is 18.6 Å². The topological polar surface area (TPSA) is 114 Å². The van der Waals surface area contributed by atoms with Crippen LogP contribution in [0.2, 0.25) is 0 Å². The van der Waals surface area contributed by atoms with Crippen LogP contribution in [0.1, 0.15) is 76.4 Å². The lowest BCUT2D eigenvalue weighted by atomic mass is 9.97. The smallest absolute Gasteiger partial charge is 0.257 e. The van der Waals surface area contributed by atoms with Gasteiger partial charge in [0, 0.05) is 50.9 Å². The molecule has 2 N–H and O–H groups in total. The second-order valence-corrected chi connectivity index (χ2v) is 10.3. The number of nitrogens with one attached hydrogen (secondary N) is 1. The van der Waals surface area contributed by atoms with Crippen molar-refractivity contribution < 1.29 is 18.7 Å². The molecular formula is C30H44F2N8O2. The summed E-state index contributed by atoms with van der Waals surface area (Å²) in [4.78, 5) is 32.8. The minimum atomic E-state index is -1.18. The van der Waals surface area contributed by atoms with Crippen molar-refractivity contribution in [2.45, 2.75) is 79.3 Å². The number of rotatable bonds is 5. The summed E-state index contributed by atoms with van der Waals surface area (Å²) in [6, 6.07) is 2.06. The number of H-pyrrole nitrogens is 1. The number of halogens is 2. The number of carbonyl (C=O) groups excluding carboxylic acids is 1. The highest BCUT2D eigenvalue weighted by atomic mass is 19.2. The van der Waals surface area contributed by atoms with Crippen LogP contribution >= 0.6 is 0 Å². The molecule has 2 aliphatic heterocycles. The Morgan fingerprint density at radius 1 is 1.05 bits per heavy atom. The number of piperazine rings is 1. The first-order valence-corrected chi connectivity index (χ1v) is 14.9. The number of aromatic hydroxyl groups is 1. The standard InChI is InChI=1S/C25H30F2N8O2.C3H8.C2H6/c1-3-16-13-34(24-15(2)31-21(12-28-24)23-29-14-30-32-23)8-9-35(16)17-4-6-33(7-5-17)25(37)18-10-19(26)20(27)11-22(18)36;1-3-2;1-2/h10-12,14,16-17,36H,3-9,13H2,1-2H3,(H,29,30,32);3H2,1-2H3;1-2H3. The molecule has 2 fully saturated rings. The number of aryl methyl sites for hydroxylation is 1. The van der Waals surface area contributed by atoms with Gasteiger partial charge in [-0.05, 0) is 32.3 Å². The Kier molecular flexibility index (Phi) is 12.1. The largest absolute Gasteiger partial charge is 0.507 e. The molecule has 1 aromatic carbocycles. The van der Waals surface area contributed by atoms with E-state index in [-0.39, 0.29) is 5.56 Å². The Labute approximate surface area is 247 Å². The number of phenols is 1. The van der Waals surface area contributed by atoms with Crippen LogP contribution in [-0.4, -0.2) is 90.8 Å². The van der Waals surface area contributed by atoms with Gasteiger partial charge < -0.3 is 14.9 Å². The highest BCUT2D eigenvalue weighted by Gasteiger charge is 2.35. The van der Waals surface area contributed by atoms with Crippen molar-refractivity contribution in [2.24, 2.45) is 0 Å². The zero-order chi connectivity index (χ0) is 30.8. The van der Waals surface area contributed by atoms with Gasteiger partial charge >= 0.3 is 0 Å². The third-order valence-electron chi connectivity index (χ3n) is 7.37. The van der Waals surface area contributed by atoms with Gasteiger partial charge in [0.15, 0.2) is 17.5 Å². The van der Waals surface area contributed by atoms with E-state index in [1.807, 2.05) is 20.8 Å². The Bertz CT molecular complexity index is 1280. The molecule has 2 aromatic heterocycles. The lowest BCUT2D eigenvalue weighted by Crippen LogP contribution is -2.59. The van der Waals surface area contributed by atoms with Crippen molar-refractivity contribution >= 4 is 11.7 Å². The first-order valence-electron chi connectivity index (χ1n) is 14.9. The summed E-state index contributed by atoms with van der Waals surface area (Å²) < 4.78 is 27.0. The number of likely N-dealkylation sites (tertiary alicyclic amines) is 1. The van der Waals surface area contributed by atoms with Gasteiger partial charge in [-0.2, -0.15) is 5.10 Å². The first kappa shape index (κ1) is 32.8. The maximum absolute atomic E-state index is 13.7. The Balaban J connectivity index is 0.000000910. The molecule has 0 bridgehead atoms. The Hall–Kier alpha value is -3.67. The number of benzene rings is 1. The summed E-state index contributed by atoms with van der Waals surface area (Å²) in [5, 5.41) is 16.6. The summed E-state index contributed by atoms with van der Waals surface area (Å²) in [6.07, 6.45) is 6.93. The molecule has 12 heteroatoms. The quantitative estimate of drug-likeness (QED) is 0.419. The highest BCUT2D eigenvalue weighted by molar-refractivity contribution is 5.96. The molecule has 5 rings (SSSR count). The first-order chi connectivity index (χ1) is 20.3. The summed E-state index contributed by atoms with van der Waals surface area (Å²) in [5.74, 6) is -1.89. The van der Waals surface area contributed by atoms with Crippen molar-refractivity contribution in [1.82, 2.24) is 34.9 Å². The minimum absolute atomic E-state index is 0.205. The normalized spacial score (nSPS) is 17.7. The fraction of sp³-hybridized carbons (Fsp3) is 0.567.